The van der Waals surface area contributed by atoms with E-state index in [-0.39, 0.29) is 24.4 Å². The minimum atomic E-state index is -0.669. The van der Waals surface area contributed by atoms with Gasteiger partial charge in [0, 0.05) is 0 Å². The van der Waals surface area contributed by atoms with Crippen LogP contribution in [0.3, 0.4) is 0 Å². The molecule has 5 atom stereocenters. The molecule has 0 aromatic rings. The highest BCUT2D eigenvalue weighted by molar-refractivity contribution is 9.12. The quantitative estimate of drug-likeness (QED) is 0.669. The first kappa shape index (κ1) is 15.0. The van der Waals surface area contributed by atoms with Crippen LogP contribution in [0, 0.1) is 0 Å². The van der Waals surface area contributed by atoms with Gasteiger partial charge in [0.1, 0.15) is 32.3 Å². The predicted octanol–water partition coefficient (Wildman–Crippen LogP) is 1.25. The third-order valence-electron chi connectivity index (χ3n) is 3.58. The molecule has 5 nitrogen and oxygen atoms in total. The average molecular weight is 347 g/mol. The first-order valence-corrected chi connectivity index (χ1v) is 7.67. The lowest BCUT2D eigenvalue weighted by Gasteiger charge is -2.36. The molecule has 0 radical (unpaired) electrons. The van der Waals surface area contributed by atoms with Crippen molar-refractivity contribution in [2.45, 2.75) is 70.0 Å². The summed E-state index contributed by atoms with van der Waals surface area (Å²) >= 11 is 3.44. The minimum absolute atomic E-state index is 0.196. The summed E-state index contributed by atoms with van der Waals surface area (Å²) in [6.45, 7) is 7.57. The van der Waals surface area contributed by atoms with Crippen LogP contribution in [0.1, 0.15) is 27.7 Å². The van der Waals surface area contributed by atoms with Gasteiger partial charge in [-0.1, -0.05) is 22.0 Å². The lowest BCUT2D eigenvalue weighted by Crippen LogP contribution is -2.54. The maximum atomic E-state index is 6.02. The van der Waals surface area contributed by atoms with Crippen LogP contribution in [0.15, 0.2) is 10.5 Å². The van der Waals surface area contributed by atoms with Crippen LogP contribution in [0.4, 0.5) is 0 Å². The van der Waals surface area contributed by atoms with Gasteiger partial charge in [-0.2, -0.15) is 0 Å². The predicted molar refractivity (Wildman–Crippen MR) is 78.1 cm³/mol. The van der Waals surface area contributed by atoms with Gasteiger partial charge >= 0.3 is 0 Å². The van der Waals surface area contributed by atoms with Gasteiger partial charge in [-0.15, -0.1) is 0 Å². The van der Waals surface area contributed by atoms with Gasteiger partial charge in [-0.05, 0) is 32.1 Å². The molecule has 0 unspecified atom stereocenters. The van der Waals surface area contributed by atoms with E-state index in [1.54, 1.807) is 0 Å². The molecule has 20 heavy (non-hydrogen) atoms. The van der Waals surface area contributed by atoms with E-state index in [0.717, 1.165) is 4.38 Å². The van der Waals surface area contributed by atoms with Crippen LogP contribution < -0.4 is 0 Å². The van der Waals surface area contributed by atoms with E-state index >= 15 is 0 Å². The van der Waals surface area contributed by atoms with E-state index < -0.39 is 17.9 Å². The number of hydrogen-bond acceptors (Lipinski definition) is 5. The van der Waals surface area contributed by atoms with E-state index in [0.29, 0.717) is 0 Å². The first-order valence-electron chi connectivity index (χ1n) is 6.88. The number of fused-ring (bicyclic) bond motifs is 3. The standard InChI is InChI=1S/C13H20BBrO5/c1-12(2)17-8-6(5-7(14)15)16-11-10(9(8)18-12)19-13(3,4)20-11/h5-6,8-11H,14H2,1-4H3/b7-5-/t6-,8+,9+,10-,11-/m0/s1. The van der Waals surface area contributed by atoms with Crippen molar-refractivity contribution in [1.82, 2.24) is 0 Å². The molecule has 3 heterocycles. The highest BCUT2D eigenvalue weighted by Gasteiger charge is 2.60. The van der Waals surface area contributed by atoms with Crippen molar-refractivity contribution < 1.29 is 23.7 Å². The molecule has 3 rings (SSSR count). The van der Waals surface area contributed by atoms with Crippen LogP contribution in [0.5, 0.6) is 0 Å². The maximum absolute atomic E-state index is 6.02. The summed E-state index contributed by atoms with van der Waals surface area (Å²) < 4.78 is 30.8. The summed E-state index contributed by atoms with van der Waals surface area (Å²) in [7, 11) is 1.96. The Morgan fingerprint density at radius 3 is 2.15 bits per heavy atom. The van der Waals surface area contributed by atoms with Gasteiger partial charge in [0.15, 0.2) is 17.9 Å². The molecule has 0 aromatic heterocycles. The number of rotatable bonds is 1. The number of hydrogen-bond donors (Lipinski definition) is 0. The van der Waals surface area contributed by atoms with Crippen LogP contribution in [0.2, 0.25) is 0 Å². The lowest BCUT2D eigenvalue weighted by atomic mass is 9.97. The van der Waals surface area contributed by atoms with Crippen molar-refractivity contribution in [1.29, 1.82) is 0 Å². The molecule has 0 aliphatic carbocycles. The maximum Gasteiger partial charge on any atom is 0.190 e. The third kappa shape index (κ3) is 2.72. The molecule has 0 saturated carbocycles. The van der Waals surface area contributed by atoms with E-state index in [1.807, 2.05) is 41.6 Å². The Morgan fingerprint density at radius 2 is 1.50 bits per heavy atom. The Hall–Kier alpha value is 0.0849. The van der Waals surface area contributed by atoms with Crippen LogP contribution >= 0.6 is 15.9 Å². The van der Waals surface area contributed by atoms with E-state index in [2.05, 4.69) is 15.9 Å². The molecule has 0 aromatic carbocycles. The zero-order valence-corrected chi connectivity index (χ0v) is 14.0. The van der Waals surface area contributed by atoms with Gasteiger partial charge in [-0.3, -0.25) is 0 Å². The summed E-state index contributed by atoms with van der Waals surface area (Å²) in [6, 6.07) is 0. The number of halogens is 1. The zero-order chi connectivity index (χ0) is 14.7. The first-order chi connectivity index (χ1) is 9.17. The topological polar surface area (TPSA) is 46.2 Å². The van der Waals surface area contributed by atoms with Crippen LogP contribution in [-0.2, 0) is 23.7 Å². The Kier molecular flexibility index (Phi) is 3.60. The highest BCUT2D eigenvalue weighted by atomic mass is 79.9. The summed E-state index contributed by atoms with van der Waals surface area (Å²) in [6.07, 6.45) is 0.663. The van der Waals surface area contributed by atoms with E-state index in [4.69, 9.17) is 23.7 Å². The van der Waals surface area contributed by atoms with Crippen molar-refractivity contribution in [3.8, 4) is 0 Å². The van der Waals surface area contributed by atoms with Crippen molar-refractivity contribution in [2.75, 3.05) is 0 Å². The van der Waals surface area contributed by atoms with E-state index in [9.17, 15) is 0 Å². The summed E-state index contributed by atoms with van der Waals surface area (Å²) in [5, 5.41) is 0. The van der Waals surface area contributed by atoms with Crippen molar-refractivity contribution >= 4 is 23.8 Å². The molecule has 7 heteroatoms. The number of ether oxygens (including phenoxy) is 5. The smallest absolute Gasteiger partial charge is 0.190 e. The van der Waals surface area contributed by atoms with Crippen molar-refractivity contribution in [3.05, 3.63) is 10.5 Å². The Morgan fingerprint density at radius 1 is 0.950 bits per heavy atom. The van der Waals surface area contributed by atoms with Gasteiger partial charge in [0.25, 0.3) is 0 Å². The summed E-state index contributed by atoms with van der Waals surface area (Å²) in [4.78, 5) is 0. The molecule has 3 saturated heterocycles. The Balaban J connectivity index is 1.90. The van der Waals surface area contributed by atoms with Gasteiger partial charge in [0.2, 0.25) is 0 Å². The Bertz CT molecular complexity index is 434. The van der Waals surface area contributed by atoms with Gasteiger partial charge in [0.05, 0.1) is 0 Å². The molecule has 3 aliphatic heterocycles. The normalized spacial score (nSPS) is 46.0. The minimum Gasteiger partial charge on any atom is -0.342 e. The monoisotopic (exact) mass is 346 g/mol. The van der Waals surface area contributed by atoms with Crippen LogP contribution in [-0.4, -0.2) is 50.1 Å². The van der Waals surface area contributed by atoms with Gasteiger partial charge in [-0.25, -0.2) is 0 Å². The fourth-order valence-corrected chi connectivity index (χ4v) is 3.26. The molecule has 0 amide bonds. The van der Waals surface area contributed by atoms with Crippen LogP contribution in [0.25, 0.3) is 0 Å². The largest absolute Gasteiger partial charge is 0.342 e. The second kappa shape index (κ2) is 4.79. The summed E-state index contributed by atoms with van der Waals surface area (Å²) in [5.74, 6) is -1.31. The Labute approximate surface area is 128 Å². The highest BCUT2D eigenvalue weighted by Crippen LogP contribution is 2.44. The second-order valence-corrected chi connectivity index (χ2v) is 7.64. The molecule has 3 aliphatic rings. The molecular weight excluding hydrogens is 327 g/mol. The fraction of sp³-hybridized carbons (Fsp3) is 0.846. The molecule has 0 N–H and O–H groups in total. The molecule has 0 spiro atoms. The summed E-state index contributed by atoms with van der Waals surface area (Å²) in [5.41, 5.74) is 0. The molecule has 3 fully saturated rings. The SMILES string of the molecule is B/C(Br)=C/[C@@H]1O[C@H]2OC(C)(C)O[C@H]2[C@@H]2OC(C)(C)O[C@@H]21. The fourth-order valence-electron chi connectivity index (χ4n) is 3.00. The second-order valence-electron chi connectivity index (χ2n) is 6.39. The van der Waals surface area contributed by atoms with Crippen molar-refractivity contribution in [2.24, 2.45) is 0 Å². The lowest BCUT2D eigenvalue weighted by molar-refractivity contribution is -0.222. The molecular formula is C13H20BBrO5. The zero-order valence-electron chi connectivity index (χ0n) is 12.4. The molecule has 112 valence electrons. The average Bonchev–Trinajstić information content (AvgIpc) is 2.73. The van der Waals surface area contributed by atoms with Crippen molar-refractivity contribution in [3.63, 3.8) is 0 Å². The van der Waals surface area contributed by atoms with E-state index in [1.165, 1.54) is 0 Å². The molecule has 0 bridgehead atoms. The third-order valence-corrected chi connectivity index (χ3v) is 3.85. The van der Waals surface area contributed by atoms with Gasteiger partial charge < -0.3 is 23.7 Å².